The average molecular weight is 306 g/mol. The minimum Gasteiger partial charge on any atom is -0.355 e. The summed E-state index contributed by atoms with van der Waals surface area (Å²) in [6.07, 6.45) is 3.07. The van der Waals surface area contributed by atoms with Crippen LogP contribution in [0.15, 0.2) is 17.5 Å². The molecule has 3 rings (SSSR count). The predicted octanol–water partition coefficient (Wildman–Crippen LogP) is 1.91. The van der Waals surface area contributed by atoms with Crippen LogP contribution in [-0.4, -0.2) is 36.3 Å². The maximum atomic E-state index is 12.5. The Morgan fingerprint density at radius 3 is 2.62 bits per heavy atom. The molecule has 1 N–H and O–H groups in total. The first-order chi connectivity index (χ1) is 10.1. The zero-order valence-electron chi connectivity index (χ0n) is 12.4. The van der Waals surface area contributed by atoms with Crippen LogP contribution in [0.3, 0.4) is 0 Å². The van der Waals surface area contributed by atoms with Crippen molar-refractivity contribution in [3.8, 4) is 0 Å². The Morgan fingerprint density at radius 1 is 1.33 bits per heavy atom. The zero-order chi connectivity index (χ0) is 14.8. The minimum atomic E-state index is 0.115. The van der Waals surface area contributed by atoms with Gasteiger partial charge in [0, 0.05) is 37.4 Å². The van der Waals surface area contributed by atoms with Crippen molar-refractivity contribution in [1.29, 1.82) is 0 Å². The highest BCUT2D eigenvalue weighted by Crippen LogP contribution is 2.42. The van der Waals surface area contributed by atoms with Crippen LogP contribution in [0.2, 0.25) is 0 Å². The van der Waals surface area contributed by atoms with Crippen LogP contribution in [0.25, 0.3) is 0 Å². The van der Waals surface area contributed by atoms with Crippen molar-refractivity contribution in [2.45, 2.75) is 26.2 Å². The fourth-order valence-electron chi connectivity index (χ4n) is 3.79. The lowest BCUT2D eigenvalue weighted by Crippen LogP contribution is -2.49. The van der Waals surface area contributed by atoms with E-state index < -0.39 is 0 Å². The molecule has 21 heavy (non-hydrogen) atoms. The largest absolute Gasteiger partial charge is 0.355 e. The molecule has 4 nitrogen and oxygen atoms in total. The third-order valence-electron chi connectivity index (χ3n) is 4.83. The molecule has 2 amide bonds. The van der Waals surface area contributed by atoms with Gasteiger partial charge in [0.15, 0.2) is 0 Å². The monoisotopic (exact) mass is 306 g/mol. The third kappa shape index (κ3) is 3.12. The molecular formula is C16H22N2O2S. The van der Waals surface area contributed by atoms with E-state index in [0.29, 0.717) is 18.4 Å². The van der Waals surface area contributed by atoms with E-state index >= 15 is 0 Å². The number of nitrogens with one attached hydrogen (secondary N) is 1. The Hall–Kier alpha value is -1.36. The van der Waals surface area contributed by atoms with Crippen LogP contribution in [-0.2, 0) is 16.0 Å². The van der Waals surface area contributed by atoms with E-state index in [2.05, 4.69) is 16.8 Å². The van der Waals surface area contributed by atoms with Gasteiger partial charge < -0.3 is 10.2 Å². The molecule has 114 valence electrons. The molecule has 0 spiro atoms. The number of carbonyl (C=O) groups excluding carboxylic acids is 2. The van der Waals surface area contributed by atoms with Gasteiger partial charge in [0.2, 0.25) is 11.8 Å². The second-order valence-electron chi connectivity index (χ2n) is 6.17. The Bertz CT molecular complexity index is 500. The van der Waals surface area contributed by atoms with Crippen molar-refractivity contribution < 1.29 is 9.59 Å². The smallest absolute Gasteiger partial charge is 0.223 e. The van der Waals surface area contributed by atoms with Crippen LogP contribution in [0.5, 0.6) is 0 Å². The van der Waals surface area contributed by atoms with E-state index in [1.807, 2.05) is 11.0 Å². The van der Waals surface area contributed by atoms with Gasteiger partial charge >= 0.3 is 0 Å². The van der Waals surface area contributed by atoms with E-state index in [1.54, 1.807) is 18.3 Å². The molecule has 1 saturated heterocycles. The molecule has 2 atom stereocenters. The van der Waals surface area contributed by atoms with Gasteiger partial charge in [-0.25, -0.2) is 0 Å². The van der Waals surface area contributed by atoms with Gasteiger partial charge in [-0.2, -0.15) is 0 Å². The van der Waals surface area contributed by atoms with E-state index in [0.717, 1.165) is 32.4 Å². The Balaban J connectivity index is 1.52. The first-order valence-electron chi connectivity index (χ1n) is 7.70. The van der Waals surface area contributed by atoms with Crippen LogP contribution in [0.4, 0.5) is 0 Å². The highest BCUT2D eigenvalue weighted by Gasteiger charge is 2.46. The maximum Gasteiger partial charge on any atom is 0.223 e. The summed E-state index contributed by atoms with van der Waals surface area (Å²) in [5.74, 6) is 1.17. The number of nitrogens with zero attached hydrogens (tertiary/aromatic N) is 1. The lowest BCUT2D eigenvalue weighted by Gasteiger charge is -2.36. The van der Waals surface area contributed by atoms with Crippen molar-refractivity contribution >= 4 is 23.2 Å². The van der Waals surface area contributed by atoms with Crippen molar-refractivity contribution in [3.63, 3.8) is 0 Å². The Morgan fingerprint density at radius 2 is 2.05 bits per heavy atom. The molecule has 1 aromatic rings. The fraction of sp³-hybridized carbons (Fsp3) is 0.625. The standard InChI is InChI=1S/C16H22N2O2S/c1-11(19)18-9-12-4-5-13(10-18)15(12)16(20)17-7-6-14-3-2-8-21-14/h2-3,8,12-13,15H,4-7,9-10H2,1H3,(H,17,20). The van der Waals surface area contributed by atoms with Gasteiger partial charge in [0.1, 0.15) is 0 Å². The molecule has 2 bridgehead atoms. The summed E-state index contributed by atoms with van der Waals surface area (Å²) in [4.78, 5) is 27.2. The van der Waals surface area contributed by atoms with Crippen molar-refractivity contribution in [1.82, 2.24) is 10.2 Å². The number of hydrogen-bond donors (Lipinski definition) is 1. The molecule has 1 aliphatic heterocycles. The summed E-state index contributed by atoms with van der Waals surface area (Å²) >= 11 is 1.73. The topological polar surface area (TPSA) is 49.4 Å². The summed E-state index contributed by atoms with van der Waals surface area (Å²) in [5, 5.41) is 5.16. The average Bonchev–Trinajstić information content (AvgIpc) is 3.05. The summed E-state index contributed by atoms with van der Waals surface area (Å²) in [6, 6.07) is 4.14. The molecule has 2 heterocycles. The molecule has 0 radical (unpaired) electrons. The van der Waals surface area contributed by atoms with Crippen molar-refractivity contribution in [2.75, 3.05) is 19.6 Å². The number of rotatable bonds is 4. The number of hydrogen-bond acceptors (Lipinski definition) is 3. The molecular weight excluding hydrogens is 284 g/mol. The first kappa shape index (κ1) is 14.6. The molecule has 1 aliphatic carbocycles. The quantitative estimate of drug-likeness (QED) is 0.924. The van der Waals surface area contributed by atoms with Crippen molar-refractivity contribution in [2.24, 2.45) is 17.8 Å². The first-order valence-corrected chi connectivity index (χ1v) is 8.58. The van der Waals surface area contributed by atoms with Gasteiger partial charge in [-0.05, 0) is 42.5 Å². The fourth-order valence-corrected chi connectivity index (χ4v) is 4.50. The number of carbonyl (C=O) groups is 2. The van der Waals surface area contributed by atoms with Gasteiger partial charge in [0.25, 0.3) is 0 Å². The molecule has 2 aliphatic rings. The van der Waals surface area contributed by atoms with Gasteiger partial charge in [-0.15, -0.1) is 11.3 Å². The molecule has 0 aromatic carbocycles. The number of thiophene rings is 1. The highest BCUT2D eigenvalue weighted by atomic mass is 32.1. The second kappa shape index (κ2) is 6.18. The lowest BCUT2D eigenvalue weighted by molar-refractivity contribution is -0.137. The number of fused-ring (bicyclic) bond motifs is 2. The predicted molar refractivity (Wildman–Crippen MR) is 83.0 cm³/mol. The summed E-state index contributed by atoms with van der Waals surface area (Å²) in [5.41, 5.74) is 0. The van der Waals surface area contributed by atoms with E-state index in [4.69, 9.17) is 0 Å². The Labute approximate surface area is 129 Å². The van der Waals surface area contributed by atoms with Crippen LogP contribution in [0.1, 0.15) is 24.6 Å². The Kier molecular flexibility index (Phi) is 4.29. The lowest BCUT2D eigenvalue weighted by atomic mass is 9.84. The summed E-state index contributed by atoms with van der Waals surface area (Å²) in [6.45, 7) is 3.86. The highest BCUT2D eigenvalue weighted by molar-refractivity contribution is 7.09. The van der Waals surface area contributed by atoms with Crippen LogP contribution < -0.4 is 5.32 Å². The van der Waals surface area contributed by atoms with Crippen molar-refractivity contribution in [3.05, 3.63) is 22.4 Å². The normalized spacial score (nSPS) is 27.7. The molecule has 1 saturated carbocycles. The second-order valence-corrected chi connectivity index (χ2v) is 7.20. The minimum absolute atomic E-state index is 0.115. The van der Waals surface area contributed by atoms with Gasteiger partial charge in [-0.3, -0.25) is 9.59 Å². The summed E-state index contributed by atoms with van der Waals surface area (Å²) in [7, 11) is 0. The molecule has 1 aromatic heterocycles. The van der Waals surface area contributed by atoms with Gasteiger partial charge in [-0.1, -0.05) is 6.07 Å². The third-order valence-corrected chi connectivity index (χ3v) is 5.77. The number of amides is 2. The maximum absolute atomic E-state index is 12.5. The van der Waals surface area contributed by atoms with Crippen LogP contribution in [0, 0.1) is 17.8 Å². The molecule has 5 heteroatoms. The van der Waals surface area contributed by atoms with E-state index in [1.165, 1.54) is 4.88 Å². The SMILES string of the molecule is CC(=O)N1CC2CCC(C1)C2C(=O)NCCc1cccs1. The number of piperidine rings is 1. The number of likely N-dealkylation sites (tertiary alicyclic amines) is 1. The zero-order valence-corrected chi connectivity index (χ0v) is 13.2. The van der Waals surface area contributed by atoms with Gasteiger partial charge in [0.05, 0.1) is 0 Å². The van der Waals surface area contributed by atoms with Crippen LogP contribution >= 0.6 is 11.3 Å². The molecule has 2 unspecified atom stereocenters. The van der Waals surface area contributed by atoms with E-state index in [-0.39, 0.29) is 17.7 Å². The summed E-state index contributed by atoms with van der Waals surface area (Å²) < 4.78 is 0. The molecule has 2 fully saturated rings. The van der Waals surface area contributed by atoms with E-state index in [9.17, 15) is 9.59 Å².